The maximum absolute atomic E-state index is 5.79. The molecule has 0 unspecified atom stereocenters. The van der Waals surface area contributed by atoms with Crippen LogP contribution in [0.2, 0.25) is 0 Å². The van der Waals surface area contributed by atoms with Crippen LogP contribution in [0, 0.1) is 6.92 Å². The van der Waals surface area contributed by atoms with Crippen molar-refractivity contribution in [3.05, 3.63) is 29.3 Å². The minimum absolute atomic E-state index is 0.294. The molecule has 19 heavy (non-hydrogen) atoms. The summed E-state index contributed by atoms with van der Waals surface area (Å²) in [5, 5.41) is 0. The van der Waals surface area contributed by atoms with Gasteiger partial charge >= 0.3 is 0 Å². The molecular formula is C16H26O3. The van der Waals surface area contributed by atoms with Crippen molar-refractivity contribution in [2.75, 3.05) is 19.8 Å². The van der Waals surface area contributed by atoms with E-state index in [1.54, 1.807) is 0 Å². The summed E-state index contributed by atoms with van der Waals surface area (Å²) in [7, 11) is 0. The number of rotatable bonds is 8. The van der Waals surface area contributed by atoms with Crippen molar-refractivity contribution in [3.63, 3.8) is 0 Å². The lowest BCUT2D eigenvalue weighted by atomic mass is 10.0. The summed E-state index contributed by atoms with van der Waals surface area (Å²) in [5.41, 5.74) is 2.50. The Bertz CT molecular complexity index is 368. The molecule has 1 rings (SSSR count). The van der Waals surface area contributed by atoms with E-state index in [0.717, 1.165) is 5.75 Å². The van der Waals surface area contributed by atoms with E-state index in [9.17, 15) is 0 Å². The molecule has 0 spiro atoms. The van der Waals surface area contributed by atoms with Gasteiger partial charge in [0.15, 0.2) is 6.29 Å². The molecule has 0 aliphatic rings. The van der Waals surface area contributed by atoms with Gasteiger partial charge in [-0.05, 0) is 49.9 Å². The second-order valence-corrected chi connectivity index (χ2v) is 4.89. The molecule has 1 aromatic carbocycles. The molecule has 0 heterocycles. The van der Waals surface area contributed by atoms with Gasteiger partial charge in [0.2, 0.25) is 0 Å². The molecule has 0 fully saturated rings. The van der Waals surface area contributed by atoms with Crippen LogP contribution in [0.4, 0.5) is 0 Å². The zero-order valence-electron chi connectivity index (χ0n) is 12.7. The highest BCUT2D eigenvalue weighted by atomic mass is 16.7. The fourth-order valence-electron chi connectivity index (χ4n) is 1.87. The first-order valence-corrected chi connectivity index (χ1v) is 7.04. The Morgan fingerprint density at radius 3 is 2.16 bits per heavy atom. The lowest BCUT2D eigenvalue weighted by Gasteiger charge is -2.18. The molecule has 0 aliphatic heterocycles. The van der Waals surface area contributed by atoms with E-state index < -0.39 is 0 Å². The van der Waals surface area contributed by atoms with Gasteiger partial charge in [-0.15, -0.1) is 0 Å². The Balaban J connectivity index is 2.65. The second kappa shape index (κ2) is 8.18. The minimum Gasteiger partial charge on any atom is -0.488 e. The highest BCUT2D eigenvalue weighted by Gasteiger charge is 2.10. The maximum atomic E-state index is 5.79. The number of hydrogen-bond acceptors (Lipinski definition) is 3. The van der Waals surface area contributed by atoms with Crippen LogP contribution in [-0.2, 0) is 9.47 Å². The van der Waals surface area contributed by atoms with Crippen molar-refractivity contribution in [3.8, 4) is 5.75 Å². The van der Waals surface area contributed by atoms with Crippen molar-refractivity contribution < 1.29 is 14.2 Å². The Kier molecular flexibility index (Phi) is 6.89. The smallest absolute Gasteiger partial charge is 0.191 e. The van der Waals surface area contributed by atoms with Gasteiger partial charge < -0.3 is 14.2 Å². The zero-order valence-corrected chi connectivity index (χ0v) is 12.7. The van der Waals surface area contributed by atoms with Gasteiger partial charge in [0.05, 0.1) is 0 Å². The van der Waals surface area contributed by atoms with Crippen molar-refractivity contribution in [1.82, 2.24) is 0 Å². The molecule has 108 valence electrons. The number of aryl methyl sites for hydroxylation is 1. The summed E-state index contributed by atoms with van der Waals surface area (Å²) in [6.07, 6.45) is -0.294. The molecule has 0 saturated heterocycles. The molecule has 0 radical (unpaired) electrons. The van der Waals surface area contributed by atoms with Crippen LogP contribution in [0.1, 0.15) is 44.7 Å². The van der Waals surface area contributed by atoms with Crippen LogP contribution in [-0.4, -0.2) is 26.1 Å². The average Bonchev–Trinajstić information content (AvgIpc) is 2.36. The van der Waals surface area contributed by atoms with Crippen molar-refractivity contribution in [2.45, 2.75) is 46.8 Å². The predicted molar refractivity (Wildman–Crippen MR) is 77.8 cm³/mol. The molecule has 0 N–H and O–H groups in total. The van der Waals surface area contributed by atoms with Gasteiger partial charge in [0.1, 0.15) is 12.4 Å². The fraction of sp³-hybridized carbons (Fsp3) is 0.625. The molecule has 0 aromatic heterocycles. The largest absolute Gasteiger partial charge is 0.488 e. The predicted octanol–water partition coefficient (Wildman–Crippen LogP) is 3.90. The summed E-state index contributed by atoms with van der Waals surface area (Å²) < 4.78 is 16.7. The molecule has 3 heteroatoms. The SMILES string of the molecule is CCOC(COc1cc(C)cc(C(C)C)c1)OCC. The minimum atomic E-state index is -0.294. The topological polar surface area (TPSA) is 27.7 Å². The molecule has 0 atom stereocenters. The second-order valence-electron chi connectivity index (χ2n) is 4.89. The van der Waals surface area contributed by atoms with Crippen LogP contribution in [0.5, 0.6) is 5.75 Å². The summed E-state index contributed by atoms with van der Waals surface area (Å²) in [5.74, 6) is 1.38. The number of benzene rings is 1. The molecule has 0 bridgehead atoms. The van der Waals surface area contributed by atoms with Crippen molar-refractivity contribution in [2.24, 2.45) is 0 Å². The van der Waals surface area contributed by atoms with E-state index in [1.807, 2.05) is 19.9 Å². The molecule has 1 aromatic rings. The fourth-order valence-corrected chi connectivity index (χ4v) is 1.87. The summed E-state index contributed by atoms with van der Waals surface area (Å²) in [6, 6.07) is 6.33. The summed E-state index contributed by atoms with van der Waals surface area (Å²) >= 11 is 0. The Hall–Kier alpha value is -1.06. The monoisotopic (exact) mass is 266 g/mol. The van der Waals surface area contributed by atoms with Gasteiger partial charge in [0, 0.05) is 13.2 Å². The summed E-state index contributed by atoms with van der Waals surface area (Å²) in [6.45, 7) is 12.0. The molecular weight excluding hydrogens is 240 g/mol. The first-order valence-electron chi connectivity index (χ1n) is 7.04. The number of ether oxygens (including phenoxy) is 3. The molecule has 0 saturated carbocycles. The highest BCUT2D eigenvalue weighted by Crippen LogP contribution is 2.23. The average molecular weight is 266 g/mol. The Morgan fingerprint density at radius 1 is 1.00 bits per heavy atom. The van der Waals surface area contributed by atoms with Crippen LogP contribution < -0.4 is 4.74 Å². The van der Waals surface area contributed by atoms with Gasteiger partial charge in [0.25, 0.3) is 0 Å². The van der Waals surface area contributed by atoms with Crippen molar-refractivity contribution in [1.29, 1.82) is 0 Å². The third-order valence-corrected chi connectivity index (χ3v) is 2.83. The zero-order chi connectivity index (χ0) is 14.3. The standard InChI is InChI=1S/C16H26O3/c1-6-17-16(18-7-2)11-19-15-9-13(5)8-14(10-15)12(3)4/h8-10,12,16H,6-7,11H2,1-5H3. The Labute approximate surface area is 116 Å². The molecule has 0 amide bonds. The van der Waals surface area contributed by atoms with Gasteiger partial charge in [-0.25, -0.2) is 0 Å². The molecule has 3 nitrogen and oxygen atoms in total. The van der Waals surface area contributed by atoms with E-state index >= 15 is 0 Å². The lowest BCUT2D eigenvalue weighted by molar-refractivity contribution is -0.152. The maximum Gasteiger partial charge on any atom is 0.191 e. The van der Waals surface area contributed by atoms with Gasteiger partial charge in [-0.2, -0.15) is 0 Å². The number of hydrogen-bond donors (Lipinski definition) is 0. The first kappa shape index (κ1) is 16.0. The molecule has 0 aliphatic carbocycles. The van der Waals surface area contributed by atoms with E-state index in [-0.39, 0.29) is 6.29 Å². The van der Waals surface area contributed by atoms with Crippen LogP contribution in [0.15, 0.2) is 18.2 Å². The van der Waals surface area contributed by atoms with E-state index in [2.05, 4.69) is 32.9 Å². The van der Waals surface area contributed by atoms with Gasteiger partial charge in [-0.3, -0.25) is 0 Å². The van der Waals surface area contributed by atoms with Gasteiger partial charge in [-0.1, -0.05) is 19.9 Å². The highest BCUT2D eigenvalue weighted by molar-refractivity contribution is 5.35. The third-order valence-electron chi connectivity index (χ3n) is 2.83. The van der Waals surface area contributed by atoms with Crippen LogP contribution in [0.25, 0.3) is 0 Å². The summed E-state index contributed by atoms with van der Waals surface area (Å²) in [4.78, 5) is 0. The lowest BCUT2D eigenvalue weighted by Crippen LogP contribution is -2.25. The Morgan fingerprint density at radius 2 is 1.63 bits per heavy atom. The van der Waals surface area contributed by atoms with E-state index in [4.69, 9.17) is 14.2 Å². The van der Waals surface area contributed by atoms with Crippen LogP contribution in [0.3, 0.4) is 0 Å². The quantitative estimate of drug-likeness (QED) is 0.668. The normalized spacial score (nSPS) is 11.3. The van der Waals surface area contributed by atoms with Crippen LogP contribution >= 0.6 is 0 Å². The van der Waals surface area contributed by atoms with Crippen molar-refractivity contribution >= 4 is 0 Å². The van der Waals surface area contributed by atoms with E-state index in [1.165, 1.54) is 11.1 Å². The van der Waals surface area contributed by atoms with E-state index in [0.29, 0.717) is 25.7 Å². The third kappa shape index (κ3) is 5.62. The first-order chi connectivity index (χ1) is 9.06.